The van der Waals surface area contributed by atoms with Crippen molar-refractivity contribution in [1.29, 1.82) is 0 Å². The average molecular weight is 244 g/mol. The minimum absolute atomic E-state index is 0.765. The zero-order valence-corrected chi connectivity index (χ0v) is 11.0. The summed E-state index contributed by atoms with van der Waals surface area (Å²) >= 11 is 1.64. The normalized spacial score (nSPS) is 10.9. The predicted octanol–water partition coefficient (Wildman–Crippen LogP) is 2.01. The third-order valence-electron chi connectivity index (χ3n) is 2.14. The lowest BCUT2D eigenvalue weighted by molar-refractivity contribution is 0.150. The first kappa shape index (κ1) is 13.5. The second-order valence-corrected chi connectivity index (χ2v) is 4.46. The molecule has 5 heteroatoms. The Bertz CT molecular complexity index is 283. The van der Waals surface area contributed by atoms with Crippen molar-refractivity contribution in [3.8, 4) is 0 Å². The number of hydrogen-bond acceptors (Lipinski definition) is 5. The SMILES string of the molecule is CCOCCNCCSc1nc(C)c(C)o1. The topological polar surface area (TPSA) is 47.3 Å². The molecular weight excluding hydrogens is 224 g/mol. The summed E-state index contributed by atoms with van der Waals surface area (Å²) in [5.41, 5.74) is 0.979. The Hall–Kier alpha value is -0.520. The summed E-state index contributed by atoms with van der Waals surface area (Å²) in [5, 5.41) is 4.06. The number of thioether (sulfide) groups is 1. The van der Waals surface area contributed by atoms with Crippen LogP contribution in [0.5, 0.6) is 0 Å². The quantitative estimate of drug-likeness (QED) is 0.560. The van der Waals surface area contributed by atoms with E-state index in [4.69, 9.17) is 9.15 Å². The molecule has 1 aromatic rings. The number of nitrogens with zero attached hydrogens (tertiary/aromatic N) is 1. The Kier molecular flexibility index (Phi) is 6.52. The van der Waals surface area contributed by atoms with Gasteiger partial charge in [-0.05, 0) is 20.8 Å². The summed E-state index contributed by atoms with van der Waals surface area (Å²) in [7, 11) is 0. The molecule has 0 radical (unpaired) electrons. The molecule has 0 amide bonds. The summed E-state index contributed by atoms with van der Waals surface area (Å²) in [6.07, 6.45) is 0. The number of aromatic nitrogens is 1. The maximum Gasteiger partial charge on any atom is 0.256 e. The zero-order chi connectivity index (χ0) is 11.8. The molecule has 0 saturated heterocycles. The minimum atomic E-state index is 0.765. The van der Waals surface area contributed by atoms with E-state index in [1.807, 2.05) is 20.8 Å². The Morgan fingerprint density at radius 2 is 2.19 bits per heavy atom. The maximum atomic E-state index is 5.46. The van der Waals surface area contributed by atoms with Crippen molar-refractivity contribution in [3.05, 3.63) is 11.5 Å². The van der Waals surface area contributed by atoms with E-state index in [0.29, 0.717) is 0 Å². The number of nitrogens with one attached hydrogen (secondary N) is 1. The van der Waals surface area contributed by atoms with Gasteiger partial charge >= 0.3 is 0 Å². The first-order valence-corrected chi connectivity index (χ1v) is 6.58. The van der Waals surface area contributed by atoms with Crippen LogP contribution in [0.25, 0.3) is 0 Å². The molecular formula is C11H20N2O2S. The molecule has 16 heavy (non-hydrogen) atoms. The summed E-state index contributed by atoms with van der Waals surface area (Å²) in [6, 6.07) is 0. The van der Waals surface area contributed by atoms with Crippen LogP contribution in [0.2, 0.25) is 0 Å². The fraction of sp³-hybridized carbons (Fsp3) is 0.727. The van der Waals surface area contributed by atoms with E-state index in [2.05, 4.69) is 10.3 Å². The van der Waals surface area contributed by atoms with Crippen LogP contribution in [0.15, 0.2) is 9.64 Å². The van der Waals surface area contributed by atoms with Gasteiger partial charge in [-0.15, -0.1) is 0 Å². The van der Waals surface area contributed by atoms with Crippen LogP contribution >= 0.6 is 11.8 Å². The molecule has 0 bridgehead atoms. The van der Waals surface area contributed by atoms with Crippen LogP contribution in [-0.4, -0.2) is 37.0 Å². The van der Waals surface area contributed by atoms with Crippen LogP contribution in [0, 0.1) is 13.8 Å². The fourth-order valence-corrected chi connectivity index (χ4v) is 1.94. The van der Waals surface area contributed by atoms with E-state index in [1.54, 1.807) is 11.8 Å². The van der Waals surface area contributed by atoms with Crippen molar-refractivity contribution in [2.24, 2.45) is 0 Å². The molecule has 1 N–H and O–H groups in total. The van der Waals surface area contributed by atoms with Gasteiger partial charge in [0.25, 0.3) is 5.22 Å². The number of hydrogen-bond donors (Lipinski definition) is 1. The largest absolute Gasteiger partial charge is 0.437 e. The highest BCUT2D eigenvalue weighted by Crippen LogP contribution is 2.19. The van der Waals surface area contributed by atoms with Gasteiger partial charge in [0.15, 0.2) is 0 Å². The highest BCUT2D eigenvalue weighted by atomic mass is 32.2. The molecule has 92 valence electrons. The minimum Gasteiger partial charge on any atom is -0.437 e. The summed E-state index contributed by atoms with van der Waals surface area (Å²) in [6.45, 7) is 9.30. The Balaban J connectivity index is 2.03. The van der Waals surface area contributed by atoms with Gasteiger partial charge in [0.05, 0.1) is 12.3 Å². The third kappa shape index (κ3) is 5.01. The third-order valence-corrected chi connectivity index (χ3v) is 2.97. The highest BCUT2D eigenvalue weighted by Gasteiger charge is 2.04. The van der Waals surface area contributed by atoms with Crippen molar-refractivity contribution in [3.63, 3.8) is 0 Å². The first-order valence-electron chi connectivity index (χ1n) is 5.59. The fourth-order valence-electron chi connectivity index (χ4n) is 1.13. The first-order chi connectivity index (χ1) is 7.74. The maximum absolute atomic E-state index is 5.46. The lowest BCUT2D eigenvalue weighted by Crippen LogP contribution is -2.22. The molecule has 0 aliphatic heterocycles. The second-order valence-electron chi connectivity index (χ2n) is 3.42. The van der Waals surface area contributed by atoms with E-state index in [1.165, 1.54) is 0 Å². The summed E-state index contributed by atoms with van der Waals surface area (Å²) < 4.78 is 10.7. The number of rotatable bonds is 8. The van der Waals surface area contributed by atoms with Crippen molar-refractivity contribution in [2.45, 2.75) is 26.0 Å². The van der Waals surface area contributed by atoms with Gasteiger partial charge in [0, 0.05) is 25.4 Å². The van der Waals surface area contributed by atoms with Gasteiger partial charge in [-0.25, -0.2) is 4.98 Å². The van der Waals surface area contributed by atoms with Gasteiger partial charge in [0.2, 0.25) is 0 Å². The van der Waals surface area contributed by atoms with Crippen LogP contribution in [0.1, 0.15) is 18.4 Å². The van der Waals surface area contributed by atoms with Crippen LogP contribution in [0.3, 0.4) is 0 Å². The van der Waals surface area contributed by atoms with Crippen LogP contribution in [-0.2, 0) is 4.74 Å². The van der Waals surface area contributed by atoms with Crippen molar-refractivity contribution in [1.82, 2.24) is 10.3 Å². The van der Waals surface area contributed by atoms with E-state index in [-0.39, 0.29) is 0 Å². The van der Waals surface area contributed by atoms with Crippen LogP contribution in [0.4, 0.5) is 0 Å². The number of ether oxygens (including phenoxy) is 1. The molecule has 0 unspecified atom stereocenters. The van der Waals surface area contributed by atoms with Gasteiger partial charge in [-0.3, -0.25) is 0 Å². The Labute approximate surface area is 101 Å². The van der Waals surface area contributed by atoms with E-state index in [9.17, 15) is 0 Å². The monoisotopic (exact) mass is 244 g/mol. The lowest BCUT2D eigenvalue weighted by atomic mass is 10.4. The molecule has 1 aromatic heterocycles. The molecule has 1 heterocycles. The van der Waals surface area contributed by atoms with Crippen molar-refractivity contribution < 1.29 is 9.15 Å². The lowest BCUT2D eigenvalue weighted by Gasteiger charge is -2.03. The number of oxazole rings is 1. The molecule has 4 nitrogen and oxygen atoms in total. The summed E-state index contributed by atoms with van der Waals surface area (Å²) in [4.78, 5) is 4.30. The van der Waals surface area contributed by atoms with Gasteiger partial charge in [0.1, 0.15) is 5.76 Å². The Morgan fingerprint density at radius 3 is 2.81 bits per heavy atom. The van der Waals surface area contributed by atoms with Gasteiger partial charge < -0.3 is 14.5 Å². The van der Waals surface area contributed by atoms with Gasteiger partial charge in [-0.1, -0.05) is 11.8 Å². The average Bonchev–Trinajstić information content (AvgIpc) is 2.57. The van der Waals surface area contributed by atoms with Crippen LogP contribution < -0.4 is 5.32 Å². The molecule has 1 rings (SSSR count). The molecule has 0 atom stereocenters. The van der Waals surface area contributed by atoms with Crippen molar-refractivity contribution in [2.75, 3.05) is 32.1 Å². The standard InChI is InChI=1S/C11H20N2O2S/c1-4-14-7-5-12-6-8-16-11-13-9(2)10(3)15-11/h12H,4-8H2,1-3H3. The molecule has 0 aliphatic carbocycles. The van der Waals surface area contributed by atoms with Crippen molar-refractivity contribution >= 4 is 11.8 Å². The van der Waals surface area contributed by atoms with E-state index < -0.39 is 0 Å². The molecule has 0 fully saturated rings. The van der Waals surface area contributed by atoms with Gasteiger partial charge in [-0.2, -0.15) is 0 Å². The second kappa shape index (κ2) is 7.70. The molecule has 0 aromatic carbocycles. The zero-order valence-electron chi connectivity index (χ0n) is 10.2. The predicted molar refractivity (Wildman–Crippen MR) is 66.1 cm³/mol. The highest BCUT2D eigenvalue weighted by molar-refractivity contribution is 7.99. The van der Waals surface area contributed by atoms with E-state index >= 15 is 0 Å². The summed E-state index contributed by atoms with van der Waals surface area (Å²) in [5.74, 6) is 1.87. The molecule has 0 aliphatic rings. The Morgan fingerprint density at radius 1 is 1.38 bits per heavy atom. The smallest absolute Gasteiger partial charge is 0.256 e. The van der Waals surface area contributed by atoms with E-state index in [0.717, 1.165) is 48.7 Å². The number of aryl methyl sites for hydroxylation is 2. The molecule has 0 saturated carbocycles. The molecule has 0 spiro atoms.